The number of rotatable bonds is 7. The Hall–Kier alpha value is -1.47. The predicted octanol–water partition coefficient (Wildman–Crippen LogP) is 2.83. The second kappa shape index (κ2) is 6.63. The molecular formula is C12H15N3O2S2. The van der Waals surface area contributed by atoms with Crippen LogP contribution in [0.25, 0.3) is 0 Å². The van der Waals surface area contributed by atoms with Crippen molar-refractivity contribution in [2.45, 2.75) is 25.7 Å². The Balaban J connectivity index is 1.81. The highest BCUT2D eigenvalue weighted by Crippen LogP contribution is 2.21. The zero-order chi connectivity index (χ0) is 13.7. The van der Waals surface area contributed by atoms with Gasteiger partial charge in [-0.2, -0.15) is 0 Å². The van der Waals surface area contributed by atoms with E-state index >= 15 is 0 Å². The molecule has 0 amide bonds. The number of carbonyl (C=O) groups is 1. The van der Waals surface area contributed by atoms with E-state index in [0.717, 1.165) is 22.4 Å². The summed E-state index contributed by atoms with van der Waals surface area (Å²) in [6.07, 6.45) is 2.41. The lowest BCUT2D eigenvalue weighted by Crippen LogP contribution is -2.09. The smallest absolute Gasteiger partial charge is 0.303 e. The number of hydrogen-bond acceptors (Lipinski definition) is 6. The Morgan fingerprint density at radius 2 is 2.37 bits per heavy atom. The molecule has 2 heterocycles. The molecule has 2 aromatic heterocycles. The summed E-state index contributed by atoms with van der Waals surface area (Å²) in [5.41, 5.74) is 0.830. The van der Waals surface area contributed by atoms with Gasteiger partial charge < -0.3 is 10.4 Å². The molecule has 0 bridgehead atoms. The van der Waals surface area contributed by atoms with Crippen LogP contribution < -0.4 is 5.32 Å². The third kappa shape index (κ3) is 4.29. The van der Waals surface area contributed by atoms with Crippen molar-refractivity contribution < 1.29 is 9.90 Å². The van der Waals surface area contributed by atoms with Crippen LogP contribution in [0.4, 0.5) is 5.13 Å². The highest BCUT2D eigenvalue weighted by molar-refractivity contribution is 7.13. The maximum Gasteiger partial charge on any atom is 0.303 e. The molecule has 0 aliphatic carbocycles. The third-order valence-corrected chi connectivity index (χ3v) is 4.44. The number of aromatic nitrogens is 2. The van der Waals surface area contributed by atoms with E-state index in [0.29, 0.717) is 12.3 Å². The lowest BCUT2D eigenvalue weighted by molar-refractivity contribution is -0.136. The van der Waals surface area contributed by atoms with Crippen LogP contribution in [-0.2, 0) is 11.2 Å². The molecule has 0 aliphatic rings. The van der Waals surface area contributed by atoms with Crippen LogP contribution in [0.2, 0.25) is 0 Å². The molecule has 0 saturated carbocycles. The van der Waals surface area contributed by atoms with Crippen LogP contribution in [0, 0.1) is 0 Å². The number of carboxylic acid groups (broad SMARTS) is 1. The van der Waals surface area contributed by atoms with Gasteiger partial charge in [0.15, 0.2) is 5.13 Å². The first-order valence-electron chi connectivity index (χ1n) is 5.94. The topological polar surface area (TPSA) is 75.1 Å². The first-order valence-corrected chi connectivity index (χ1v) is 7.70. The van der Waals surface area contributed by atoms with Gasteiger partial charge in [0.25, 0.3) is 0 Å². The van der Waals surface area contributed by atoms with Crippen LogP contribution in [0.3, 0.4) is 0 Å². The zero-order valence-corrected chi connectivity index (χ0v) is 12.1. The number of aliphatic carboxylic acids is 1. The molecule has 0 radical (unpaired) electrons. The van der Waals surface area contributed by atoms with Gasteiger partial charge >= 0.3 is 5.97 Å². The molecule has 7 heteroatoms. The minimum Gasteiger partial charge on any atom is -0.481 e. The van der Waals surface area contributed by atoms with Crippen molar-refractivity contribution in [2.24, 2.45) is 0 Å². The summed E-state index contributed by atoms with van der Waals surface area (Å²) in [5.74, 6) is -0.453. The SMILES string of the molecule is CC(CNc1nc(CCC(=O)O)cs1)c1nccs1. The molecule has 0 saturated heterocycles. The Morgan fingerprint density at radius 1 is 1.53 bits per heavy atom. The van der Waals surface area contributed by atoms with Crippen LogP contribution in [0.15, 0.2) is 17.0 Å². The summed E-state index contributed by atoms with van der Waals surface area (Å²) in [6.45, 7) is 2.89. The zero-order valence-electron chi connectivity index (χ0n) is 10.5. The monoisotopic (exact) mass is 297 g/mol. The molecule has 5 nitrogen and oxygen atoms in total. The number of aryl methyl sites for hydroxylation is 1. The standard InChI is InChI=1S/C12H15N3O2S2/c1-8(11-13-4-5-18-11)6-14-12-15-9(7-19-12)2-3-10(16)17/h4-5,7-8H,2-3,6H2,1H3,(H,14,15)(H,16,17). The Bertz CT molecular complexity index is 525. The van der Waals surface area contributed by atoms with E-state index in [2.05, 4.69) is 22.2 Å². The average molecular weight is 297 g/mol. The Labute approximate surface area is 119 Å². The fourth-order valence-electron chi connectivity index (χ4n) is 1.54. The number of thiazole rings is 2. The van der Waals surface area contributed by atoms with Crippen molar-refractivity contribution in [2.75, 3.05) is 11.9 Å². The fourth-order valence-corrected chi connectivity index (χ4v) is 3.00. The van der Waals surface area contributed by atoms with Crippen molar-refractivity contribution >= 4 is 33.8 Å². The summed E-state index contributed by atoms with van der Waals surface area (Å²) in [4.78, 5) is 19.1. The van der Waals surface area contributed by atoms with Crippen molar-refractivity contribution in [1.29, 1.82) is 0 Å². The fraction of sp³-hybridized carbons (Fsp3) is 0.417. The van der Waals surface area contributed by atoms with Gasteiger partial charge in [-0.05, 0) is 0 Å². The normalized spacial score (nSPS) is 12.3. The summed E-state index contributed by atoms with van der Waals surface area (Å²) in [6, 6.07) is 0. The van der Waals surface area contributed by atoms with Gasteiger partial charge in [0.05, 0.1) is 17.1 Å². The van der Waals surface area contributed by atoms with Gasteiger partial charge in [0, 0.05) is 35.8 Å². The molecule has 0 aromatic carbocycles. The molecule has 102 valence electrons. The minimum atomic E-state index is -0.792. The van der Waals surface area contributed by atoms with Gasteiger partial charge in [0.2, 0.25) is 0 Å². The quantitative estimate of drug-likeness (QED) is 0.822. The van der Waals surface area contributed by atoms with Crippen molar-refractivity contribution in [3.8, 4) is 0 Å². The molecule has 1 unspecified atom stereocenters. The molecule has 2 aromatic rings. The molecule has 0 aliphatic heterocycles. The largest absolute Gasteiger partial charge is 0.481 e. The van der Waals surface area contributed by atoms with Gasteiger partial charge in [-0.1, -0.05) is 6.92 Å². The minimum absolute atomic E-state index is 0.124. The molecule has 2 N–H and O–H groups in total. The molecule has 19 heavy (non-hydrogen) atoms. The number of carboxylic acids is 1. The van der Waals surface area contributed by atoms with E-state index in [1.807, 2.05) is 17.0 Å². The van der Waals surface area contributed by atoms with Gasteiger partial charge in [0.1, 0.15) is 0 Å². The maximum atomic E-state index is 10.5. The summed E-state index contributed by atoms with van der Waals surface area (Å²) in [5, 5.41) is 17.7. The van der Waals surface area contributed by atoms with Crippen molar-refractivity contribution in [3.05, 3.63) is 27.7 Å². The molecule has 0 fully saturated rings. The number of hydrogen-bond donors (Lipinski definition) is 2. The summed E-state index contributed by atoms with van der Waals surface area (Å²) >= 11 is 3.16. The lowest BCUT2D eigenvalue weighted by atomic mass is 10.2. The van der Waals surface area contributed by atoms with Gasteiger partial charge in [-0.25, -0.2) is 9.97 Å². The molecule has 2 rings (SSSR count). The molecule has 1 atom stereocenters. The van der Waals surface area contributed by atoms with E-state index in [9.17, 15) is 4.79 Å². The second-order valence-electron chi connectivity index (χ2n) is 4.19. The van der Waals surface area contributed by atoms with Crippen molar-refractivity contribution in [1.82, 2.24) is 9.97 Å². The lowest BCUT2D eigenvalue weighted by Gasteiger charge is -2.08. The second-order valence-corrected chi connectivity index (χ2v) is 5.97. The van der Waals surface area contributed by atoms with E-state index < -0.39 is 5.97 Å². The van der Waals surface area contributed by atoms with Crippen LogP contribution in [0.5, 0.6) is 0 Å². The van der Waals surface area contributed by atoms with E-state index in [4.69, 9.17) is 5.11 Å². The highest BCUT2D eigenvalue weighted by Gasteiger charge is 2.09. The number of nitrogens with one attached hydrogen (secondary N) is 1. The van der Waals surface area contributed by atoms with E-state index in [1.54, 1.807) is 11.3 Å². The van der Waals surface area contributed by atoms with Crippen molar-refractivity contribution in [3.63, 3.8) is 0 Å². The maximum absolute atomic E-state index is 10.5. The number of nitrogens with zero attached hydrogens (tertiary/aromatic N) is 2. The van der Waals surface area contributed by atoms with Crippen LogP contribution >= 0.6 is 22.7 Å². The summed E-state index contributed by atoms with van der Waals surface area (Å²) in [7, 11) is 0. The van der Waals surface area contributed by atoms with Crippen LogP contribution in [0.1, 0.15) is 30.0 Å². The predicted molar refractivity (Wildman–Crippen MR) is 77.1 cm³/mol. The molecule has 0 spiro atoms. The first kappa shape index (κ1) is 14.0. The van der Waals surface area contributed by atoms with Gasteiger partial charge in [-0.3, -0.25) is 4.79 Å². The van der Waals surface area contributed by atoms with Crippen LogP contribution in [-0.4, -0.2) is 27.6 Å². The Morgan fingerprint density at radius 3 is 3.05 bits per heavy atom. The average Bonchev–Trinajstić information content (AvgIpc) is 3.04. The van der Waals surface area contributed by atoms with Gasteiger partial charge in [-0.15, -0.1) is 22.7 Å². The van der Waals surface area contributed by atoms with E-state index in [-0.39, 0.29) is 6.42 Å². The highest BCUT2D eigenvalue weighted by atomic mass is 32.1. The molecular weight excluding hydrogens is 282 g/mol. The Kier molecular flexibility index (Phi) is 4.86. The third-order valence-electron chi connectivity index (χ3n) is 2.58. The first-order chi connectivity index (χ1) is 9.15. The summed E-state index contributed by atoms with van der Waals surface area (Å²) < 4.78 is 0. The van der Waals surface area contributed by atoms with E-state index in [1.165, 1.54) is 11.3 Å². The number of anilines is 1.